The molecule has 6 heteroatoms. The number of nitrogens with one attached hydrogen (secondary N) is 1. The minimum absolute atomic E-state index is 0.222. The molecule has 136 valence electrons. The van der Waals surface area contributed by atoms with E-state index in [4.69, 9.17) is 18.6 Å². The summed E-state index contributed by atoms with van der Waals surface area (Å²) in [5.74, 6) is 1.20. The molecule has 3 aromatic rings. The first-order valence-corrected chi connectivity index (χ1v) is 8.18. The van der Waals surface area contributed by atoms with Crippen molar-refractivity contribution in [2.75, 3.05) is 27.9 Å². The number of para-hydroxylation sites is 2. The molecule has 1 atom stereocenters. The van der Waals surface area contributed by atoms with Crippen LogP contribution in [0.15, 0.2) is 52.9 Å². The number of methoxy groups -OCH3 is 3. The summed E-state index contributed by atoms with van der Waals surface area (Å²) in [6.45, 7) is 0.282. The van der Waals surface area contributed by atoms with Crippen LogP contribution in [0.3, 0.4) is 0 Å². The van der Waals surface area contributed by atoms with Gasteiger partial charge in [-0.1, -0.05) is 30.3 Å². The third kappa shape index (κ3) is 3.50. The Morgan fingerprint density at radius 1 is 1.04 bits per heavy atom. The minimum Gasteiger partial charge on any atom is -0.496 e. The lowest BCUT2D eigenvalue weighted by Gasteiger charge is -2.18. The van der Waals surface area contributed by atoms with E-state index in [2.05, 4.69) is 5.32 Å². The van der Waals surface area contributed by atoms with Crippen LogP contribution in [0.1, 0.15) is 22.2 Å². The quantitative estimate of drug-likeness (QED) is 0.702. The Bertz CT molecular complexity index is 902. The normalized spacial score (nSPS) is 12.0. The fourth-order valence-corrected chi connectivity index (χ4v) is 2.83. The number of hydrogen-bond acceptors (Lipinski definition) is 5. The molecule has 0 bridgehead atoms. The van der Waals surface area contributed by atoms with Gasteiger partial charge >= 0.3 is 0 Å². The van der Waals surface area contributed by atoms with Crippen LogP contribution in [0.2, 0.25) is 0 Å². The smallest absolute Gasteiger partial charge is 0.287 e. The lowest BCUT2D eigenvalue weighted by Crippen LogP contribution is -2.29. The zero-order valence-electron chi connectivity index (χ0n) is 14.9. The van der Waals surface area contributed by atoms with Crippen LogP contribution in [0.4, 0.5) is 0 Å². The second kappa shape index (κ2) is 7.93. The summed E-state index contributed by atoms with van der Waals surface area (Å²) in [5, 5.41) is 3.65. The number of carbonyl (C=O) groups excluding carboxylic acids is 1. The Morgan fingerprint density at radius 2 is 1.77 bits per heavy atom. The fraction of sp³-hybridized carbons (Fsp3) is 0.250. The van der Waals surface area contributed by atoms with E-state index < -0.39 is 0 Å². The van der Waals surface area contributed by atoms with Crippen LogP contribution >= 0.6 is 0 Å². The number of ether oxygens (including phenoxy) is 3. The first-order valence-electron chi connectivity index (χ1n) is 8.18. The van der Waals surface area contributed by atoms with Crippen molar-refractivity contribution in [2.24, 2.45) is 0 Å². The molecule has 1 N–H and O–H groups in total. The molecule has 1 heterocycles. The molecule has 0 fully saturated rings. The lowest BCUT2D eigenvalue weighted by molar-refractivity contribution is 0.0801. The van der Waals surface area contributed by atoms with E-state index >= 15 is 0 Å². The topological polar surface area (TPSA) is 69.9 Å². The molecule has 3 rings (SSSR count). The summed E-state index contributed by atoms with van der Waals surface area (Å²) in [6.07, 6.45) is -0.339. The van der Waals surface area contributed by atoms with Crippen LogP contribution in [0.5, 0.6) is 11.5 Å². The monoisotopic (exact) mass is 355 g/mol. The number of benzene rings is 2. The molecule has 0 spiro atoms. The number of fused-ring (bicyclic) bond motifs is 1. The van der Waals surface area contributed by atoms with Crippen LogP contribution in [-0.2, 0) is 4.74 Å². The molecule has 0 aliphatic carbocycles. The van der Waals surface area contributed by atoms with Gasteiger partial charge in [0, 0.05) is 24.6 Å². The largest absolute Gasteiger partial charge is 0.496 e. The van der Waals surface area contributed by atoms with E-state index in [9.17, 15) is 4.79 Å². The van der Waals surface area contributed by atoms with Gasteiger partial charge in [0.1, 0.15) is 11.9 Å². The van der Waals surface area contributed by atoms with Gasteiger partial charge in [0.25, 0.3) is 5.91 Å². The molecular formula is C20H21NO5. The van der Waals surface area contributed by atoms with E-state index in [1.165, 1.54) is 0 Å². The Balaban J connectivity index is 1.75. The van der Waals surface area contributed by atoms with Crippen molar-refractivity contribution in [2.45, 2.75) is 6.10 Å². The average Bonchev–Trinajstić information content (AvgIpc) is 3.13. The third-order valence-electron chi connectivity index (χ3n) is 4.17. The van der Waals surface area contributed by atoms with E-state index in [0.29, 0.717) is 17.1 Å². The van der Waals surface area contributed by atoms with Gasteiger partial charge in [-0.3, -0.25) is 4.79 Å². The minimum atomic E-state index is -0.339. The molecule has 1 aromatic heterocycles. The molecule has 0 saturated carbocycles. The Morgan fingerprint density at radius 3 is 2.50 bits per heavy atom. The summed E-state index contributed by atoms with van der Waals surface area (Å²) in [5.41, 5.74) is 1.41. The fourth-order valence-electron chi connectivity index (χ4n) is 2.83. The van der Waals surface area contributed by atoms with Gasteiger partial charge in [-0.15, -0.1) is 0 Å². The molecule has 6 nitrogen and oxygen atoms in total. The van der Waals surface area contributed by atoms with Crippen molar-refractivity contribution in [3.05, 3.63) is 59.9 Å². The zero-order valence-corrected chi connectivity index (χ0v) is 14.9. The number of hydrogen-bond donors (Lipinski definition) is 1. The summed E-state index contributed by atoms with van der Waals surface area (Å²) < 4.78 is 21.8. The summed E-state index contributed by atoms with van der Waals surface area (Å²) in [7, 11) is 4.76. The predicted molar refractivity (Wildman–Crippen MR) is 97.8 cm³/mol. The first kappa shape index (κ1) is 17.8. The maximum absolute atomic E-state index is 12.5. The van der Waals surface area contributed by atoms with Crippen molar-refractivity contribution in [3.63, 3.8) is 0 Å². The van der Waals surface area contributed by atoms with Gasteiger partial charge in [-0.05, 0) is 18.2 Å². The van der Waals surface area contributed by atoms with Gasteiger partial charge in [0.15, 0.2) is 17.1 Å². The summed E-state index contributed by atoms with van der Waals surface area (Å²) in [6, 6.07) is 14.7. The first-order chi connectivity index (χ1) is 12.7. The van der Waals surface area contributed by atoms with Crippen molar-refractivity contribution in [1.82, 2.24) is 5.32 Å². The third-order valence-corrected chi connectivity index (χ3v) is 4.17. The second-order valence-corrected chi connectivity index (χ2v) is 5.67. The van der Waals surface area contributed by atoms with Gasteiger partial charge < -0.3 is 23.9 Å². The molecule has 0 saturated heterocycles. The van der Waals surface area contributed by atoms with Gasteiger partial charge in [-0.25, -0.2) is 0 Å². The molecule has 0 aliphatic heterocycles. The molecule has 1 amide bonds. The van der Waals surface area contributed by atoms with E-state index in [-0.39, 0.29) is 24.3 Å². The van der Waals surface area contributed by atoms with Crippen molar-refractivity contribution in [3.8, 4) is 11.5 Å². The maximum atomic E-state index is 12.5. The van der Waals surface area contributed by atoms with E-state index in [1.54, 1.807) is 33.5 Å². The molecular weight excluding hydrogens is 334 g/mol. The highest BCUT2D eigenvalue weighted by molar-refractivity contribution is 5.97. The van der Waals surface area contributed by atoms with Crippen LogP contribution < -0.4 is 14.8 Å². The van der Waals surface area contributed by atoms with Crippen molar-refractivity contribution >= 4 is 16.9 Å². The lowest BCUT2D eigenvalue weighted by atomic mass is 10.1. The number of amides is 1. The standard InChI is InChI=1S/C20H21NO5/c1-23-15-9-5-4-8-14(15)18(25-3)12-21-20(22)17-11-13-7-6-10-16(24-2)19(13)26-17/h4-11,18H,12H2,1-3H3,(H,21,22)/t18-/m1/s1. The molecule has 0 aliphatic rings. The highest BCUT2D eigenvalue weighted by Crippen LogP contribution is 2.29. The summed E-state index contributed by atoms with van der Waals surface area (Å²) >= 11 is 0. The highest BCUT2D eigenvalue weighted by Gasteiger charge is 2.19. The SMILES string of the molecule is COc1ccccc1[C@@H](CNC(=O)c1cc2cccc(OC)c2o1)OC. The number of rotatable bonds is 7. The van der Waals surface area contributed by atoms with Crippen LogP contribution in [-0.4, -0.2) is 33.8 Å². The summed E-state index contributed by atoms with van der Waals surface area (Å²) in [4.78, 5) is 12.5. The van der Waals surface area contributed by atoms with Gasteiger partial charge in [0.05, 0.1) is 14.2 Å². The van der Waals surface area contributed by atoms with Crippen molar-refractivity contribution < 1.29 is 23.4 Å². The average molecular weight is 355 g/mol. The zero-order chi connectivity index (χ0) is 18.5. The molecule has 0 unspecified atom stereocenters. The van der Waals surface area contributed by atoms with Gasteiger partial charge in [-0.2, -0.15) is 0 Å². The van der Waals surface area contributed by atoms with E-state index in [0.717, 1.165) is 10.9 Å². The molecule has 0 radical (unpaired) electrons. The van der Waals surface area contributed by atoms with Crippen molar-refractivity contribution in [1.29, 1.82) is 0 Å². The Hall–Kier alpha value is -2.99. The number of furan rings is 1. The maximum Gasteiger partial charge on any atom is 0.287 e. The van der Waals surface area contributed by atoms with E-state index in [1.807, 2.05) is 36.4 Å². The Kier molecular flexibility index (Phi) is 5.43. The highest BCUT2D eigenvalue weighted by atomic mass is 16.5. The van der Waals surface area contributed by atoms with Gasteiger partial charge in [0.2, 0.25) is 0 Å². The number of carbonyl (C=O) groups is 1. The van der Waals surface area contributed by atoms with Crippen LogP contribution in [0, 0.1) is 0 Å². The Labute approximate surface area is 151 Å². The molecule has 26 heavy (non-hydrogen) atoms. The molecule has 2 aromatic carbocycles. The second-order valence-electron chi connectivity index (χ2n) is 5.67. The van der Waals surface area contributed by atoms with Crippen LogP contribution in [0.25, 0.3) is 11.0 Å². The predicted octanol–water partition coefficient (Wildman–Crippen LogP) is 3.57.